The quantitative estimate of drug-likeness (QED) is 0.156. The normalized spacial score (nSPS) is 36.3. The topological polar surface area (TPSA) is 18.5 Å². The Balaban J connectivity index is 1.56. The molecule has 0 amide bonds. The van der Waals surface area contributed by atoms with Gasteiger partial charge in [-0.1, -0.05) is 106 Å². The van der Waals surface area contributed by atoms with Gasteiger partial charge in [0.15, 0.2) is 15.0 Å². The molecule has 4 bridgehead atoms. The Morgan fingerprint density at radius 1 is 0.857 bits per heavy atom. The van der Waals surface area contributed by atoms with Gasteiger partial charge in [0.1, 0.15) is 0 Å². The van der Waals surface area contributed by atoms with Crippen LogP contribution in [0.3, 0.4) is 0 Å². The number of fused-ring (bicyclic) bond motifs is 4. The summed E-state index contributed by atoms with van der Waals surface area (Å²) in [4.78, 5) is 0. The van der Waals surface area contributed by atoms with Crippen LogP contribution in [0.1, 0.15) is 121 Å². The molecule has 0 aliphatic heterocycles. The third-order valence-electron chi connectivity index (χ3n) is 14.9. The van der Waals surface area contributed by atoms with Crippen LogP contribution in [-0.2, 0) is 9.16 Å². The SMILES string of the molecule is C=C(CC)C[C@H](C[C@H](CC(=C)B([C@H]1C[C@H]2C[C@@H]([C@@H]1C)C2(C)C)[C@H]1C[C@H]2C[C@@H]([C@@H]1C)C2(C)C)OC)O[Si](C)(C)C(C)(C)C. The van der Waals surface area contributed by atoms with Gasteiger partial charge in [0, 0.05) is 7.11 Å². The molecule has 0 saturated heterocycles. The second-order valence-corrected chi connectivity index (χ2v) is 23.3. The van der Waals surface area contributed by atoms with Crippen molar-refractivity contribution in [3.8, 4) is 0 Å². The summed E-state index contributed by atoms with van der Waals surface area (Å²) < 4.78 is 13.4. The Morgan fingerprint density at radius 3 is 1.69 bits per heavy atom. The van der Waals surface area contributed by atoms with Gasteiger partial charge in [0.2, 0.25) is 0 Å². The Bertz CT molecular complexity index is 950. The standard InChI is InChI=1S/C38H69BO2Si/c1-16-24(2)17-31(41-42(14,15)36(6,7)8)23-30(40-13)18-25(3)39(34-21-28-19-32(26(34)4)37(28,9)10)35-22-29-20-33(27(35)5)38(29,11)12/h26-35H,2-3,16-23H2,1,4-15H3/t26-,27-,28+,29+,30-,31+,32-,33-,34-,35-/m0/s1. The molecule has 240 valence electrons. The van der Waals surface area contributed by atoms with E-state index >= 15 is 0 Å². The van der Waals surface area contributed by atoms with Crippen molar-refractivity contribution in [1.29, 1.82) is 0 Å². The minimum Gasteiger partial charge on any atom is -0.414 e. The fourth-order valence-electron chi connectivity index (χ4n) is 10.5. The van der Waals surface area contributed by atoms with Crippen molar-refractivity contribution in [2.75, 3.05) is 7.11 Å². The predicted octanol–water partition coefficient (Wildman–Crippen LogP) is 11.3. The zero-order valence-corrected chi connectivity index (χ0v) is 31.2. The molecule has 0 spiro atoms. The van der Waals surface area contributed by atoms with Gasteiger partial charge in [-0.25, -0.2) is 0 Å². The van der Waals surface area contributed by atoms with E-state index in [1.807, 2.05) is 7.11 Å². The lowest BCUT2D eigenvalue weighted by atomic mass is 9.19. The lowest BCUT2D eigenvalue weighted by Crippen LogP contribution is -2.60. The summed E-state index contributed by atoms with van der Waals surface area (Å²) in [6.45, 7) is 39.5. The van der Waals surface area contributed by atoms with Crippen LogP contribution in [0, 0.1) is 46.3 Å². The molecule has 6 aliphatic rings. The second-order valence-electron chi connectivity index (χ2n) is 18.5. The van der Waals surface area contributed by atoms with E-state index in [1.165, 1.54) is 36.7 Å². The summed E-state index contributed by atoms with van der Waals surface area (Å²) >= 11 is 0. The van der Waals surface area contributed by atoms with Crippen molar-refractivity contribution in [1.82, 2.24) is 0 Å². The molecule has 4 heteroatoms. The number of hydrogen-bond acceptors (Lipinski definition) is 2. The Hall–Kier alpha value is -0.318. The lowest BCUT2D eigenvalue weighted by Gasteiger charge is -2.66. The van der Waals surface area contributed by atoms with Crippen LogP contribution >= 0.6 is 0 Å². The first-order valence-electron chi connectivity index (χ1n) is 17.8. The third-order valence-corrected chi connectivity index (χ3v) is 19.4. The fraction of sp³-hybridized carbons (Fsp3) is 0.895. The molecule has 0 unspecified atom stereocenters. The van der Waals surface area contributed by atoms with Crippen molar-refractivity contribution in [3.05, 3.63) is 24.2 Å². The molecule has 10 atom stereocenters. The monoisotopic (exact) mass is 597 g/mol. The van der Waals surface area contributed by atoms with Gasteiger partial charge in [-0.15, -0.1) is 12.1 Å². The second kappa shape index (κ2) is 12.1. The predicted molar refractivity (Wildman–Crippen MR) is 187 cm³/mol. The van der Waals surface area contributed by atoms with Crippen molar-refractivity contribution >= 4 is 15.0 Å². The maximum atomic E-state index is 7.07. The summed E-state index contributed by atoms with van der Waals surface area (Å²) in [5.41, 5.74) is 3.83. The maximum absolute atomic E-state index is 7.07. The fourth-order valence-corrected chi connectivity index (χ4v) is 11.8. The van der Waals surface area contributed by atoms with Crippen LogP contribution in [0.15, 0.2) is 24.2 Å². The van der Waals surface area contributed by atoms with E-state index in [2.05, 4.69) is 88.9 Å². The number of hydrogen-bond donors (Lipinski definition) is 0. The first-order valence-corrected chi connectivity index (χ1v) is 20.7. The molecule has 6 aliphatic carbocycles. The highest BCUT2D eigenvalue weighted by Gasteiger charge is 2.62. The van der Waals surface area contributed by atoms with E-state index in [-0.39, 0.29) is 17.2 Å². The van der Waals surface area contributed by atoms with Gasteiger partial charge >= 0.3 is 0 Å². The summed E-state index contributed by atoms with van der Waals surface area (Å²) in [7, 11) is 0.0105. The largest absolute Gasteiger partial charge is 0.414 e. The molecular formula is C38H69BO2Si. The van der Waals surface area contributed by atoms with E-state index in [1.54, 1.807) is 0 Å². The van der Waals surface area contributed by atoms with E-state index < -0.39 is 8.32 Å². The molecule has 0 N–H and O–H groups in total. The third kappa shape index (κ3) is 6.22. The highest BCUT2D eigenvalue weighted by atomic mass is 28.4. The molecule has 0 aromatic heterocycles. The van der Waals surface area contributed by atoms with Gasteiger partial charge in [-0.05, 0) is 103 Å². The summed E-state index contributed by atoms with van der Waals surface area (Å²) in [6.07, 6.45) is 9.89. The number of rotatable bonds is 13. The van der Waals surface area contributed by atoms with Crippen LogP contribution in [0.25, 0.3) is 0 Å². The molecule has 6 fully saturated rings. The highest BCUT2D eigenvalue weighted by Crippen LogP contribution is 2.70. The average Bonchev–Trinajstić information content (AvgIpc) is 2.88. The first-order chi connectivity index (χ1) is 19.3. The smallest absolute Gasteiger partial charge is 0.192 e. The number of ether oxygens (including phenoxy) is 1. The van der Waals surface area contributed by atoms with Crippen LogP contribution in [0.2, 0.25) is 29.8 Å². The molecule has 0 aromatic rings. The van der Waals surface area contributed by atoms with Crippen LogP contribution in [0.5, 0.6) is 0 Å². The van der Waals surface area contributed by atoms with Crippen LogP contribution < -0.4 is 0 Å². The molecule has 6 rings (SSSR count). The van der Waals surface area contributed by atoms with E-state index in [0.29, 0.717) is 17.5 Å². The molecule has 0 radical (unpaired) electrons. The van der Waals surface area contributed by atoms with E-state index in [4.69, 9.17) is 15.7 Å². The zero-order valence-electron chi connectivity index (χ0n) is 30.2. The van der Waals surface area contributed by atoms with Crippen molar-refractivity contribution in [2.24, 2.45) is 46.3 Å². The molecule has 2 nitrogen and oxygen atoms in total. The minimum atomic E-state index is -1.91. The van der Waals surface area contributed by atoms with Gasteiger partial charge in [-0.2, -0.15) is 0 Å². The van der Waals surface area contributed by atoms with E-state index in [9.17, 15) is 0 Å². The van der Waals surface area contributed by atoms with Gasteiger partial charge in [0.05, 0.1) is 12.2 Å². The van der Waals surface area contributed by atoms with Crippen molar-refractivity contribution in [2.45, 2.75) is 163 Å². The van der Waals surface area contributed by atoms with Crippen molar-refractivity contribution < 1.29 is 9.16 Å². The van der Waals surface area contributed by atoms with Gasteiger partial charge in [-0.3, -0.25) is 0 Å². The molecule has 0 heterocycles. The highest BCUT2D eigenvalue weighted by molar-refractivity contribution is 6.74. The van der Waals surface area contributed by atoms with Gasteiger partial charge < -0.3 is 9.16 Å². The van der Waals surface area contributed by atoms with Crippen molar-refractivity contribution in [3.63, 3.8) is 0 Å². The summed E-state index contributed by atoms with van der Waals surface area (Å²) in [5.74, 6) is 6.67. The molecule has 6 saturated carbocycles. The van der Waals surface area contributed by atoms with E-state index in [0.717, 1.165) is 72.8 Å². The summed E-state index contributed by atoms with van der Waals surface area (Å²) in [5, 5.41) is 0.188. The Morgan fingerprint density at radius 2 is 1.33 bits per heavy atom. The minimum absolute atomic E-state index is 0.147. The average molecular weight is 597 g/mol. The molecule has 0 aromatic carbocycles. The zero-order chi connectivity index (χ0) is 31.6. The summed E-state index contributed by atoms with van der Waals surface area (Å²) in [6, 6.07) is 0. The maximum Gasteiger partial charge on any atom is 0.192 e. The first kappa shape index (κ1) is 34.6. The van der Waals surface area contributed by atoms with Gasteiger partial charge in [0.25, 0.3) is 0 Å². The Labute approximate surface area is 263 Å². The Kier molecular flexibility index (Phi) is 9.98. The molecular weight excluding hydrogens is 527 g/mol. The molecule has 42 heavy (non-hydrogen) atoms. The number of methoxy groups -OCH3 is 1. The van der Waals surface area contributed by atoms with Crippen LogP contribution in [-0.4, -0.2) is 34.3 Å². The lowest BCUT2D eigenvalue weighted by molar-refractivity contribution is -0.107. The van der Waals surface area contributed by atoms with Crippen LogP contribution in [0.4, 0.5) is 0 Å².